The SMILES string of the molecule is C=C(C)CN(CC)C(=O)CN1C(=O)N[C@@](C)(c2ccc(Cl)cc2Cl)C1=O. The van der Waals surface area contributed by atoms with Crippen molar-refractivity contribution in [2.75, 3.05) is 19.6 Å². The van der Waals surface area contributed by atoms with Crippen molar-refractivity contribution in [1.82, 2.24) is 15.1 Å². The number of likely N-dealkylation sites (N-methyl/N-ethyl adjacent to an activating group) is 1. The van der Waals surface area contributed by atoms with Gasteiger partial charge in [0.2, 0.25) is 5.91 Å². The van der Waals surface area contributed by atoms with Crippen molar-refractivity contribution >= 4 is 41.0 Å². The number of carbonyl (C=O) groups excluding carboxylic acids is 3. The van der Waals surface area contributed by atoms with Crippen LogP contribution in [0.25, 0.3) is 0 Å². The van der Waals surface area contributed by atoms with Crippen molar-refractivity contribution in [3.8, 4) is 0 Å². The minimum absolute atomic E-state index is 0.263. The molecule has 6 nitrogen and oxygen atoms in total. The second kappa shape index (κ2) is 7.68. The summed E-state index contributed by atoms with van der Waals surface area (Å²) in [5.74, 6) is -0.864. The molecule has 1 atom stereocenters. The number of hydrogen-bond donors (Lipinski definition) is 1. The van der Waals surface area contributed by atoms with E-state index in [1.54, 1.807) is 19.1 Å². The van der Waals surface area contributed by atoms with Crippen LogP contribution in [0.15, 0.2) is 30.4 Å². The van der Waals surface area contributed by atoms with E-state index >= 15 is 0 Å². The van der Waals surface area contributed by atoms with Crippen LogP contribution in [-0.2, 0) is 15.1 Å². The van der Waals surface area contributed by atoms with Crippen molar-refractivity contribution in [3.05, 3.63) is 46.0 Å². The molecule has 1 N–H and O–H groups in total. The topological polar surface area (TPSA) is 69.7 Å². The normalized spacial score (nSPS) is 19.5. The van der Waals surface area contributed by atoms with Crippen molar-refractivity contribution < 1.29 is 14.4 Å². The van der Waals surface area contributed by atoms with Gasteiger partial charge in [0.15, 0.2) is 0 Å². The lowest BCUT2D eigenvalue weighted by Crippen LogP contribution is -2.45. The highest BCUT2D eigenvalue weighted by Gasteiger charge is 2.50. The minimum atomic E-state index is -1.36. The first kappa shape index (κ1) is 20.3. The summed E-state index contributed by atoms with van der Waals surface area (Å²) >= 11 is 12.1. The van der Waals surface area contributed by atoms with Gasteiger partial charge >= 0.3 is 6.03 Å². The molecule has 0 unspecified atom stereocenters. The molecule has 1 aliphatic heterocycles. The number of urea groups is 1. The summed E-state index contributed by atoms with van der Waals surface area (Å²) < 4.78 is 0. The van der Waals surface area contributed by atoms with E-state index < -0.39 is 17.5 Å². The number of nitrogens with one attached hydrogen (secondary N) is 1. The Morgan fingerprint density at radius 3 is 2.54 bits per heavy atom. The van der Waals surface area contributed by atoms with Crippen LogP contribution < -0.4 is 5.32 Å². The highest BCUT2D eigenvalue weighted by molar-refractivity contribution is 6.35. The molecule has 0 aliphatic carbocycles. The van der Waals surface area contributed by atoms with E-state index in [-0.39, 0.29) is 17.5 Å². The Morgan fingerprint density at radius 2 is 2.00 bits per heavy atom. The van der Waals surface area contributed by atoms with E-state index in [0.29, 0.717) is 23.7 Å². The quantitative estimate of drug-likeness (QED) is 0.591. The molecule has 4 amide bonds. The van der Waals surface area contributed by atoms with E-state index in [0.717, 1.165) is 10.5 Å². The fourth-order valence-electron chi connectivity index (χ4n) is 2.86. The summed E-state index contributed by atoms with van der Waals surface area (Å²) in [5.41, 5.74) is -0.119. The Morgan fingerprint density at radius 1 is 1.35 bits per heavy atom. The lowest BCUT2D eigenvalue weighted by molar-refractivity contribution is -0.138. The third-order valence-electron chi connectivity index (χ3n) is 4.23. The monoisotopic (exact) mass is 397 g/mol. The summed E-state index contributed by atoms with van der Waals surface area (Å²) in [6, 6.07) is 4.05. The van der Waals surface area contributed by atoms with Crippen LogP contribution in [0.4, 0.5) is 4.79 Å². The Hall–Kier alpha value is -2.05. The fraction of sp³-hybridized carbons (Fsp3) is 0.389. The largest absolute Gasteiger partial charge is 0.337 e. The highest BCUT2D eigenvalue weighted by Crippen LogP contribution is 2.34. The molecule has 1 heterocycles. The molecule has 140 valence electrons. The van der Waals surface area contributed by atoms with E-state index in [4.69, 9.17) is 23.2 Å². The third-order valence-corrected chi connectivity index (χ3v) is 4.78. The average molecular weight is 398 g/mol. The fourth-order valence-corrected chi connectivity index (χ4v) is 3.45. The first-order valence-electron chi connectivity index (χ1n) is 8.12. The van der Waals surface area contributed by atoms with Crippen molar-refractivity contribution in [2.45, 2.75) is 26.3 Å². The maximum Gasteiger partial charge on any atom is 0.325 e. The molecular formula is C18H21Cl2N3O3. The molecule has 1 saturated heterocycles. The van der Waals surface area contributed by atoms with Crippen molar-refractivity contribution in [2.24, 2.45) is 0 Å². The van der Waals surface area contributed by atoms with Gasteiger partial charge in [0.05, 0.1) is 0 Å². The zero-order valence-electron chi connectivity index (χ0n) is 14.9. The summed E-state index contributed by atoms with van der Waals surface area (Å²) in [6.45, 7) is 9.46. The maximum atomic E-state index is 12.9. The molecule has 2 rings (SSSR count). The first-order valence-corrected chi connectivity index (χ1v) is 8.87. The molecule has 1 fully saturated rings. The Bertz CT molecular complexity index is 781. The number of halogens is 2. The van der Waals surface area contributed by atoms with Gasteiger partial charge in [-0.15, -0.1) is 0 Å². The number of amides is 4. The lowest BCUT2D eigenvalue weighted by Gasteiger charge is -2.25. The number of imide groups is 1. The predicted octanol–water partition coefficient (Wildman–Crippen LogP) is 3.19. The van der Waals surface area contributed by atoms with E-state index in [9.17, 15) is 14.4 Å². The molecule has 1 aromatic rings. The van der Waals surface area contributed by atoms with Gasteiger partial charge in [-0.2, -0.15) is 0 Å². The van der Waals surface area contributed by atoms with Crippen LogP contribution in [0.3, 0.4) is 0 Å². The molecular weight excluding hydrogens is 377 g/mol. The van der Waals surface area contributed by atoms with Gasteiger partial charge in [-0.05, 0) is 32.9 Å². The molecule has 1 aromatic carbocycles. The zero-order chi connectivity index (χ0) is 19.6. The Labute approximate surface area is 162 Å². The zero-order valence-corrected chi connectivity index (χ0v) is 16.4. The summed E-state index contributed by atoms with van der Waals surface area (Å²) in [6.07, 6.45) is 0. The minimum Gasteiger partial charge on any atom is -0.337 e. The smallest absolute Gasteiger partial charge is 0.325 e. The van der Waals surface area contributed by atoms with Gasteiger partial charge in [-0.25, -0.2) is 4.79 Å². The third kappa shape index (κ3) is 3.86. The van der Waals surface area contributed by atoms with Gasteiger partial charge in [0.1, 0.15) is 12.1 Å². The van der Waals surface area contributed by atoms with Gasteiger partial charge in [0.25, 0.3) is 5.91 Å². The van der Waals surface area contributed by atoms with Crippen molar-refractivity contribution in [3.63, 3.8) is 0 Å². The first-order chi connectivity index (χ1) is 12.1. The highest BCUT2D eigenvalue weighted by atomic mass is 35.5. The Balaban J connectivity index is 2.25. The molecule has 8 heteroatoms. The molecule has 0 aromatic heterocycles. The van der Waals surface area contributed by atoms with Gasteiger partial charge in [-0.3, -0.25) is 14.5 Å². The maximum absolute atomic E-state index is 12.9. The van der Waals surface area contributed by atoms with Crippen LogP contribution in [0.2, 0.25) is 10.0 Å². The van der Waals surface area contributed by atoms with Crippen LogP contribution in [0.5, 0.6) is 0 Å². The average Bonchev–Trinajstić information content (AvgIpc) is 2.76. The standard InChI is InChI=1S/C18H21Cl2N3O3/c1-5-22(9-11(2)3)15(24)10-23-16(25)18(4,21-17(23)26)13-7-6-12(19)8-14(13)20/h6-8H,2,5,9-10H2,1,3-4H3,(H,21,26)/t18-/m0/s1. The van der Waals surface area contributed by atoms with E-state index in [2.05, 4.69) is 11.9 Å². The number of nitrogens with zero attached hydrogens (tertiary/aromatic N) is 2. The summed E-state index contributed by atoms with van der Waals surface area (Å²) in [7, 11) is 0. The second-order valence-electron chi connectivity index (χ2n) is 6.44. The molecule has 0 saturated carbocycles. The lowest BCUT2D eigenvalue weighted by atomic mass is 9.92. The van der Waals surface area contributed by atoms with E-state index in [1.165, 1.54) is 11.0 Å². The number of hydrogen-bond acceptors (Lipinski definition) is 3. The second-order valence-corrected chi connectivity index (χ2v) is 7.28. The molecule has 26 heavy (non-hydrogen) atoms. The van der Waals surface area contributed by atoms with Crippen LogP contribution in [0.1, 0.15) is 26.3 Å². The Kier molecular flexibility index (Phi) is 5.98. The van der Waals surface area contributed by atoms with Gasteiger partial charge < -0.3 is 10.2 Å². The van der Waals surface area contributed by atoms with E-state index in [1.807, 2.05) is 13.8 Å². The number of benzene rings is 1. The van der Waals surface area contributed by atoms with Crippen LogP contribution in [0, 0.1) is 0 Å². The van der Waals surface area contributed by atoms with Gasteiger partial charge in [-0.1, -0.05) is 41.4 Å². The van der Waals surface area contributed by atoms with Gasteiger partial charge in [0, 0.05) is 28.7 Å². The van der Waals surface area contributed by atoms with Crippen LogP contribution >= 0.6 is 23.2 Å². The molecule has 0 radical (unpaired) electrons. The molecule has 1 aliphatic rings. The summed E-state index contributed by atoms with van der Waals surface area (Å²) in [4.78, 5) is 40.2. The molecule has 0 spiro atoms. The van der Waals surface area contributed by atoms with Crippen LogP contribution in [-0.4, -0.2) is 47.3 Å². The summed E-state index contributed by atoms with van der Waals surface area (Å²) in [5, 5.41) is 3.32. The predicted molar refractivity (Wildman–Crippen MR) is 101 cm³/mol. The van der Waals surface area contributed by atoms with Crippen molar-refractivity contribution in [1.29, 1.82) is 0 Å². The molecule has 0 bridgehead atoms. The number of carbonyl (C=O) groups is 3. The number of rotatable bonds is 6.